The second-order valence-electron chi connectivity index (χ2n) is 4.51. The first kappa shape index (κ1) is 11.9. The van der Waals surface area contributed by atoms with Gasteiger partial charge in [-0.05, 0) is 30.7 Å². The largest absolute Gasteiger partial charge is 0.508 e. The Bertz CT molecular complexity index is 404. The summed E-state index contributed by atoms with van der Waals surface area (Å²) in [5, 5.41) is 9.22. The highest BCUT2D eigenvalue weighted by molar-refractivity contribution is 5.97. The quantitative estimate of drug-likeness (QED) is 0.868. The Morgan fingerprint density at radius 3 is 2.41 bits per heavy atom. The number of hydrogen-bond acceptors (Lipinski definition) is 3. The van der Waals surface area contributed by atoms with Crippen LogP contribution in [0.25, 0.3) is 0 Å². The molecule has 1 aromatic carbocycles. The number of ether oxygens (including phenoxy) is 1. The number of rotatable bonds is 3. The summed E-state index contributed by atoms with van der Waals surface area (Å²) < 4.78 is 5.17. The van der Waals surface area contributed by atoms with E-state index in [9.17, 15) is 9.90 Å². The van der Waals surface area contributed by atoms with E-state index in [4.69, 9.17) is 4.74 Å². The van der Waals surface area contributed by atoms with Gasteiger partial charge in [0.2, 0.25) is 5.91 Å². The van der Waals surface area contributed by atoms with Gasteiger partial charge in [0.15, 0.2) is 0 Å². The maximum absolute atomic E-state index is 12.3. The number of carbonyl (C=O) groups excluding carboxylic acids is 1. The summed E-state index contributed by atoms with van der Waals surface area (Å²) in [5.41, 5.74) is 0.430. The molecule has 0 atom stereocenters. The van der Waals surface area contributed by atoms with Gasteiger partial charge in [-0.15, -0.1) is 0 Å². The molecule has 0 unspecified atom stereocenters. The molecule has 1 amide bonds. The zero-order valence-corrected chi connectivity index (χ0v) is 10.1. The highest BCUT2D eigenvalue weighted by Crippen LogP contribution is 2.34. The lowest BCUT2D eigenvalue weighted by Gasteiger charge is -2.41. The van der Waals surface area contributed by atoms with E-state index in [0.29, 0.717) is 13.2 Å². The van der Waals surface area contributed by atoms with E-state index in [2.05, 4.69) is 0 Å². The van der Waals surface area contributed by atoms with Gasteiger partial charge in [0.25, 0.3) is 0 Å². The van der Waals surface area contributed by atoms with Crippen molar-refractivity contribution in [2.24, 2.45) is 5.41 Å². The minimum Gasteiger partial charge on any atom is -0.508 e. The first-order chi connectivity index (χ1) is 8.09. The van der Waals surface area contributed by atoms with Gasteiger partial charge in [0.1, 0.15) is 5.75 Å². The van der Waals surface area contributed by atoms with Gasteiger partial charge >= 0.3 is 0 Å². The average Bonchev–Trinajstić information content (AvgIpc) is 2.28. The third-order valence-electron chi connectivity index (χ3n) is 3.43. The Morgan fingerprint density at radius 2 is 2.00 bits per heavy atom. The Balaban J connectivity index is 2.17. The van der Waals surface area contributed by atoms with Crippen molar-refractivity contribution in [1.82, 2.24) is 0 Å². The van der Waals surface area contributed by atoms with Crippen LogP contribution in [0.15, 0.2) is 24.3 Å². The number of amides is 1. The monoisotopic (exact) mass is 235 g/mol. The lowest BCUT2D eigenvalue weighted by atomic mass is 9.81. The zero-order chi connectivity index (χ0) is 12.5. The van der Waals surface area contributed by atoms with Gasteiger partial charge < -0.3 is 14.7 Å². The van der Waals surface area contributed by atoms with Crippen molar-refractivity contribution < 1.29 is 14.6 Å². The lowest BCUT2D eigenvalue weighted by Crippen LogP contribution is -2.54. The van der Waals surface area contributed by atoms with Crippen LogP contribution in [0.1, 0.15) is 13.3 Å². The molecule has 0 spiro atoms. The maximum Gasteiger partial charge on any atom is 0.237 e. The summed E-state index contributed by atoms with van der Waals surface area (Å²) in [6.45, 7) is 3.01. The molecule has 0 aromatic heterocycles. The van der Waals surface area contributed by atoms with Crippen molar-refractivity contribution in [2.45, 2.75) is 13.3 Å². The Hall–Kier alpha value is -1.55. The van der Waals surface area contributed by atoms with E-state index < -0.39 is 0 Å². The summed E-state index contributed by atoms with van der Waals surface area (Å²) in [4.78, 5) is 14.0. The van der Waals surface area contributed by atoms with Gasteiger partial charge in [-0.3, -0.25) is 4.79 Å². The second-order valence-corrected chi connectivity index (χ2v) is 4.51. The van der Waals surface area contributed by atoms with Crippen LogP contribution in [0.5, 0.6) is 5.75 Å². The van der Waals surface area contributed by atoms with Crippen LogP contribution in [0, 0.1) is 5.41 Å². The van der Waals surface area contributed by atoms with Gasteiger partial charge in [-0.25, -0.2) is 0 Å². The lowest BCUT2D eigenvalue weighted by molar-refractivity contribution is -0.159. The van der Waals surface area contributed by atoms with Crippen LogP contribution >= 0.6 is 0 Å². The summed E-state index contributed by atoms with van der Waals surface area (Å²) in [5.74, 6) is 0.281. The van der Waals surface area contributed by atoms with Gasteiger partial charge in [-0.1, -0.05) is 6.92 Å². The molecule has 1 saturated heterocycles. The van der Waals surface area contributed by atoms with Crippen molar-refractivity contribution in [3.63, 3.8) is 0 Å². The van der Waals surface area contributed by atoms with E-state index in [-0.39, 0.29) is 17.1 Å². The maximum atomic E-state index is 12.3. The summed E-state index contributed by atoms with van der Waals surface area (Å²) >= 11 is 0. The van der Waals surface area contributed by atoms with Crippen LogP contribution in [0.3, 0.4) is 0 Å². The van der Waals surface area contributed by atoms with Gasteiger partial charge in [-0.2, -0.15) is 0 Å². The van der Waals surface area contributed by atoms with E-state index in [1.807, 2.05) is 6.92 Å². The molecule has 17 heavy (non-hydrogen) atoms. The molecule has 4 heteroatoms. The van der Waals surface area contributed by atoms with Crippen LogP contribution < -0.4 is 4.90 Å². The van der Waals surface area contributed by atoms with Crippen LogP contribution in [0.4, 0.5) is 5.69 Å². The smallest absolute Gasteiger partial charge is 0.237 e. The molecule has 1 heterocycles. The number of anilines is 1. The molecule has 4 nitrogen and oxygen atoms in total. The first-order valence-corrected chi connectivity index (χ1v) is 5.74. The third-order valence-corrected chi connectivity index (χ3v) is 3.43. The average molecular weight is 235 g/mol. The zero-order valence-electron chi connectivity index (χ0n) is 10.1. The van der Waals surface area contributed by atoms with Crippen LogP contribution in [0.2, 0.25) is 0 Å². The Labute approximate surface area is 101 Å². The molecular formula is C13H17NO3. The second kappa shape index (κ2) is 4.37. The number of aromatic hydroxyl groups is 1. The number of phenolic OH excluding ortho intramolecular Hbond substituents is 1. The first-order valence-electron chi connectivity index (χ1n) is 5.74. The fourth-order valence-corrected chi connectivity index (χ4v) is 1.98. The highest BCUT2D eigenvalue weighted by Gasteiger charge is 2.45. The number of carbonyl (C=O) groups is 1. The summed E-state index contributed by atoms with van der Waals surface area (Å²) in [6, 6.07) is 6.62. The number of phenols is 1. The number of hydrogen-bond donors (Lipinski definition) is 1. The van der Waals surface area contributed by atoms with E-state index in [0.717, 1.165) is 12.1 Å². The fraction of sp³-hybridized carbons (Fsp3) is 0.462. The van der Waals surface area contributed by atoms with Crippen molar-refractivity contribution in [3.8, 4) is 5.75 Å². The van der Waals surface area contributed by atoms with Gasteiger partial charge in [0.05, 0.1) is 18.6 Å². The van der Waals surface area contributed by atoms with Crippen molar-refractivity contribution in [2.75, 3.05) is 25.2 Å². The predicted octanol–water partition coefficient (Wildman–Crippen LogP) is 1.78. The molecule has 1 N–H and O–H groups in total. The summed E-state index contributed by atoms with van der Waals surface area (Å²) in [7, 11) is 1.75. The molecule has 1 aliphatic rings. The Morgan fingerprint density at radius 1 is 1.41 bits per heavy atom. The van der Waals surface area contributed by atoms with Crippen LogP contribution in [-0.4, -0.2) is 31.3 Å². The molecule has 0 radical (unpaired) electrons. The molecule has 0 saturated carbocycles. The highest BCUT2D eigenvalue weighted by atomic mass is 16.5. The molecule has 1 aromatic rings. The van der Waals surface area contributed by atoms with Gasteiger partial charge in [0, 0.05) is 12.7 Å². The number of nitrogens with zero attached hydrogens (tertiary/aromatic N) is 1. The minimum absolute atomic E-state index is 0.0805. The SMILES string of the molecule is CCC1(C(=O)N(C)c2ccc(O)cc2)COC1. The van der Waals surface area contributed by atoms with E-state index in [1.54, 1.807) is 36.2 Å². The minimum atomic E-state index is -0.355. The van der Waals surface area contributed by atoms with Crippen molar-refractivity contribution in [3.05, 3.63) is 24.3 Å². The molecule has 0 bridgehead atoms. The molecule has 92 valence electrons. The van der Waals surface area contributed by atoms with Crippen LogP contribution in [-0.2, 0) is 9.53 Å². The molecular weight excluding hydrogens is 218 g/mol. The molecule has 0 aliphatic carbocycles. The standard InChI is InChI=1S/C13H17NO3/c1-3-13(8-17-9-13)12(16)14(2)10-4-6-11(15)7-5-10/h4-7,15H,3,8-9H2,1-2H3. The topological polar surface area (TPSA) is 49.8 Å². The van der Waals surface area contributed by atoms with E-state index >= 15 is 0 Å². The van der Waals surface area contributed by atoms with Crippen molar-refractivity contribution in [1.29, 1.82) is 0 Å². The van der Waals surface area contributed by atoms with E-state index in [1.165, 1.54) is 0 Å². The summed E-state index contributed by atoms with van der Waals surface area (Å²) in [6.07, 6.45) is 0.786. The number of benzene rings is 1. The fourth-order valence-electron chi connectivity index (χ4n) is 1.98. The molecule has 1 aliphatic heterocycles. The third kappa shape index (κ3) is 2.00. The van der Waals surface area contributed by atoms with Crippen molar-refractivity contribution >= 4 is 11.6 Å². The predicted molar refractivity (Wildman–Crippen MR) is 65.1 cm³/mol. The molecule has 1 fully saturated rings. The normalized spacial score (nSPS) is 17.3. The molecule has 2 rings (SSSR count). The Kier molecular flexibility index (Phi) is 3.07.